The molecule has 0 aliphatic heterocycles. The Balaban J connectivity index is 2.24. The van der Waals surface area contributed by atoms with Crippen molar-refractivity contribution in [2.24, 2.45) is 0 Å². The second-order valence-corrected chi connectivity index (χ2v) is 4.39. The molecule has 0 amide bonds. The van der Waals surface area contributed by atoms with E-state index in [0.717, 1.165) is 16.8 Å². The minimum absolute atomic E-state index is 0.0267. The summed E-state index contributed by atoms with van der Waals surface area (Å²) in [6.45, 7) is 0.0329. The first-order valence-electron chi connectivity index (χ1n) is 6.10. The SMILES string of the molecule is O=c1ccn(-c2ccc(CO)cc2)c2ccccc12. The molecule has 3 aromatic rings. The van der Waals surface area contributed by atoms with Gasteiger partial charge in [0.25, 0.3) is 0 Å². The first-order chi connectivity index (χ1) is 9.29. The highest BCUT2D eigenvalue weighted by Gasteiger charge is 2.03. The zero-order valence-corrected chi connectivity index (χ0v) is 10.3. The van der Waals surface area contributed by atoms with Gasteiger partial charge in [-0.05, 0) is 29.8 Å². The van der Waals surface area contributed by atoms with Gasteiger partial charge < -0.3 is 9.67 Å². The minimum atomic E-state index is 0.0267. The van der Waals surface area contributed by atoms with E-state index in [1.165, 1.54) is 0 Å². The van der Waals surface area contributed by atoms with Crippen molar-refractivity contribution in [1.29, 1.82) is 0 Å². The average molecular weight is 251 g/mol. The van der Waals surface area contributed by atoms with Gasteiger partial charge in [0.2, 0.25) is 0 Å². The summed E-state index contributed by atoms with van der Waals surface area (Å²) in [6, 6.07) is 16.7. The van der Waals surface area contributed by atoms with Crippen molar-refractivity contribution in [3.63, 3.8) is 0 Å². The molecule has 0 aliphatic rings. The molecule has 1 heterocycles. The lowest BCUT2D eigenvalue weighted by Crippen LogP contribution is -2.06. The maximum absolute atomic E-state index is 11.8. The van der Waals surface area contributed by atoms with Crippen LogP contribution < -0.4 is 5.43 Å². The Hall–Kier alpha value is -2.39. The molecule has 0 fully saturated rings. The van der Waals surface area contributed by atoms with Crippen molar-refractivity contribution < 1.29 is 5.11 Å². The molecule has 2 aromatic carbocycles. The largest absolute Gasteiger partial charge is 0.392 e. The van der Waals surface area contributed by atoms with Crippen LogP contribution in [0.4, 0.5) is 0 Å². The van der Waals surface area contributed by atoms with Crippen LogP contribution in [0, 0.1) is 0 Å². The smallest absolute Gasteiger partial charge is 0.189 e. The number of aliphatic hydroxyl groups excluding tert-OH is 1. The van der Waals surface area contributed by atoms with Gasteiger partial charge in [-0.25, -0.2) is 0 Å². The molecule has 3 rings (SSSR count). The fraction of sp³-hybridized carbons (Fsp3) is 0.0625. The van der Waals surface area contributed by atoms with Crippen LogP contribution in [0.1, 0.15) is 5.56 Å². The standard InChI is InChI=1S/C16H13NO2/c18-11-12-5-7-13(8-6-12)17-10-9-16(19)14-3-1-2-4-15(14)17/h1-10,18H,11H2. The number of para-hydroxylation sites is 1. The number of nitrogens with zero attached hydrogens (tertiary/aromatic N) is 1. The number of aliphatic hydroxyl groups is 1. The lowest BCUT2D eigenvalue weighted by Gasteiger charge is -2.11. The van der Waals surface area contributed by atoms with Gasteiger partial charge in [-0.1, -0.05) is 24.3 Å². The van der Waals surface area contributed by atoms with E-state index in [0.29, 0.717) is 5.39 Å². The highest BCUT2D eigenvalue weighted by atomic mass is 16.3. The molecule has 0 saturated carbocycles. The third kappa shape index (κ3) is 2.04. The second kappa shape index (κ2) is 4.71. The zero-order chi connectivity index (χ0) is 13.2. The van der Waals surface area contributed by atoms with E-state index in [1.807, 2.05) is 53.1 Å². The van der Waals surface area contributed by atoms with E-state index >= 15 is 0 Å². The van der Waals surface area contributed by atoms with Crippen LogP contribution in [0.25, 0.3) is 16.6 Å². The summed E-state index contributed by atoms with van der Waals surface area (Å²) in [5.41, 5.74) is 2.74. The fourth-order valence-corrected chi connectivity index (χ4v) is 2.19. The third-order valence-corrected chi connectivity index (χ3v) is 3.20. The Labute approximate surface area is 110 Å². The van der Waals surface area contributed by atoms with Crippen LogP contribution in [0.2, 0.25) is 0 Å². The predicted molar refractivity (Wildman–Crippen MR) is 75.5 cm³/mol. The van der Waals surface area contributed by atoms with Crippen LogP contribution in [0.3, 0.4) is 0 Å². The summed E-state index contributed by atoms with van der Waals surface area (Å²) in [5.74, 6) is 0. The predicted octanol–water partition coefficient (Wildman–Crippen LogP) is 2.48. The summed E-state index contributed by atoms with van der Waals surface area (Å²) in [6.07, 6.45) is 1.78. The monoisotopic (exact) mass is 251 g/mol. The maximum atomic E-state index is 11.8. The molecule has 1 aromatic heterocycles. The van der Waals surface area contributed by atoms with E-state index in [4.69, 9.17) is 5.11 Å². The molecule has 0 unspecified atom stereocenters. The highest BCUT2D eigenvalue weighted by molar-refractivity contribution is 5.80. The van der Waals surface area contributed by atoms with E-state index in [2.05, 4.69) is 0 Å². The van der Waals surface area contributed by atoms with Gasteiger partial charge in [-0.2, -0.15) is 0 Å². The van der Waals surface area contributed by atoms with E-state index < -0.39 is 0 Å². The fourth-order valence-electron chi connectivity index (χ4n) is 2.19. The van der Waals surface area contributed by atoms with Crippen molar-refractivity contribution >= 4 is 10.9 Å². The number of fused-ring (bicyclic) bond motifs is 1. The molecule has 0 aliphatic carbocycles. The van der Waals surface area contributed by atoms with Crippen molar-refractivity contribution in [3.05, 3.63) is 76.6 Å². The van der Waals surface area contributed by atoms with Crippen LogP contribution in [-0.2, 0) is 6.61 Å². The van der Waals surface area contributed by atoms with Crippen LogP contribution in [0.15, 0.2) is 65.6 Å². The number of hydrogen-bond acceptors (Lipinski definition) is 2. The van der Waals surface area contributed by atoms with Gasteiger partial charge in [0, 0.05) is 23.3 Å². The van der Waals surface area contributed by atoms with Gasteiger partial charge in [-0.3, -0.25) is 4.79 Å². The Morgan fingerprint density at radius 3 is 2.42 bits per heavy atom. The first kappa shape index (κ1) is 11.7. The van der Waals surface area contributed by atoms with Gasteiger partial charge in [0.15, 0.2) is 5.43 Å². The quantitative estimate of drug-likeness (QED) is 0.760. The van der Waals surface area contributed by atoms with Crippen LogP contribution in [0.5, 0.6) is 0 Å². The number of hydrogen-bond donors (Lipinski definition) is 1. The van der Waals surface area contributed by atoms with Crippen molar-refractivity contribution in [2.75, 3.05) is 0 Å². The minimum Gasteiger partial charge on any atom is -0.392 e. The Bertz CT molecular complexity index is 773. The summed E-state index contributed by atoms with van der Waals surface area (Å²) < 4.78 is 1.97. The lowest BCUT2D eigenvalue weighted by atomic mass is 10.1. The normalized spacial score (nSPS) is 10.8. The van der Waals surface area contributed by atoms with E-state index in [-0.39, 0.29) is 12.0 Å². The molecular formula is C16H13NO2. The molecule has 3 heteroatoms. The van der Waals surface area contributed by atoms with Gasteiger partial charge >= 0.3 is 0 Å². The maximum Gasteiger partial charge on any atom is 0.189 e. The summed E-state index contributed by atoms with van der Waals surface area (Å²) >= 11 is 0. The lowest BCUT2D eigenvalue weighted by molar-refractivity contribution is 0.282. The Kier molecular flexibility index (Phi) is 2.89. The van der Waals surface area contributed by atoms with Crippen molar-refractivity contribution in [2.45, 2.75) is 6.61 Å². The molecule has 94 valence electrons. The highest BCUT2D eigenvalue weighted by Crippen LogP contribution is 2.16. The number of benzene rings is 2. The topological polar surface area (TPSA) is 42.2 Å². The van der Waals surface area contributed by atoms with E-state index in [9.17, 15) is 4.79 Å². The average Bonchev–Trinajstić information content (AvgIpc) is 2.48. The second-order valence-electron chi connectivity index (χ2n) is 4.39. The molecule has 0 radical (unpaired) electrons. The Morgan fingerprint density at radius 1 is 0.947 bits per heavy atom. The Morgan fingerprint density at radius 2 is 1.68 bits per heavy atom. The molecule has 0 bridgehead atoms. The molecule has 3 nitrogen and oxygen atoms in total. The van der Waals surface area contributed by atoms with Crippen molar-refractivity contribution in [3.8, 4) is 5.69 Å². The van der Waals surface area contributed by atoms with Crippen molar-refractivity contribution in [1.82, 2.24) is 4.57 Å². The summed E-state index contributed by atoms with van der Waals surface area (Å²) in [7, 11) is 0. The zero-order valence-electron chi connectivity index (χ0n) is 10.3. The molecule has 0 atom stereocenters. The van der Waals surface area contributed by atoms with Gasteiger partial charge in [0.05, 0.1) is 12.1 Å². The van der Waals surface area contributed by atoms with E-state index in [1.54, 1.807) is 12.3 Å². The van der Waals surface area contributed by atoms with Crippen LogP contribution in [-0.4, -0.2) is 9.67 Å². The molecule has 19 heavy (non-hydrogen) atoms. The first-order valence-corrected chi connectivity index (χ1v) is 6.10. The molecule has 1 N–H and O–H groups in total. The van der Waals surface area contributed by atoms with Gasteiger partial charge in [-0.15, -0.1) is 0 Å². The summed E-state index contributed by atoms with van der Waals surface area (Å²) in [4.78, 5) is 11.8. The number of pyridine rings is 1. The molecule has 0 spiro atoms. The number of rotatable bonds is 2. The molecule has 0 saturated heterocycles. The third-order valence-electron chi connectivity index (χ3n) is 3.20. The molecular weight excluding hydrogens is 238 g/mol. The van der Waals surface area contributed by atoms with Crippen LogP contribution >= 0.6 is 0 Å². The number of aromatic nitrogens is 1. The summed E-state index contributed by atoms with van der Waals surface area (Å²) in [5, 5.41) is 9.76. The van der Waals surface area contributed by atoms with Gasteiger partial charge in [0.1, 0.15) is 0 Å².